The second-order valence-electron chi connectivity index (χ2n) is 7.83. The molecule has 0 unspecified atom stereocenters. The van der Waals surface area contributed by atoms with Crippen molar-refractivity contribution in [3.05, 3.63) is 52.1 Å². The number of ether oxygens (including phenoxy) is 1. The summed E-state index contributed by atoms with van der Waals surface area (Å²) in [5.74, 6) is 0.793. The number of rotatable bonds is 9. The van der Waals surface area contributed by atoms with Gasteiger partial charge in [-0.3, -0.25) is 4.79 Å². The van der Waals surface area contributed by atoms with E-state index in [1.807, 2.05) is 32.2 Å². The van der Waals surface area contributed by atoms with Crippen LogP contribution in [0.3, 0.4) is 0 Å². The van der Waals surface area contributed by atoms with Crippen molar-refractivity contribution >= 4 is 51.6 Å². The zero-order valence-corrected chi connectivity index (χ0v) is 20.2. The summed E-state index contributed by atoms with van der Waals surface area (Å²) in [5.41, 5.74) is 2.32. The van der Waals surface area contributed by atoms with Crippen molar-refractivity contribution in [3.63, 3.8) is 0 Å². The molecule has 0 aliphatic rings. The number of nitrogens with one attached hydrogen (secondary N) is 1. The summed E-state index contributed by atoms with van der Waals surface area (Å²) in [5, 5.41) is 4.57. The maximum absolute atomic E-state index is 12.3. The van der Waals surface area contributed by atoms with Crippen LogP contribution in [0.2, 0.25) is 10.0 Å². The van der Waals surface area contributed by atoms with Crippen molar-refractivity contribution < 1.29 is 9.53 Å². The Balaban J connectivity index is 1.65. The normalized spacial score (nSPS) is 11.1. The molecule has 0 spiro atoms. The van der Waals surface area contributed by atoms with Crippen LogP contribution in [-0.4, -0.2) is 61.6 Å². The van der Waals surface area contributed by atoms with E-state index in [2.05, 4.69) is 39.2 Å². The molecule has 7 nitrogen and oxygen atoms in total. The first-order chi connectivity index (χ1) is 15.2. The largest absolute Gasteiger partial charge is 0.482 e. The van der Waals surface area contributed by atoms with Gasteiger partial charge in [0.2, 0.25) is 5.95 Å². The summed E-state index contributed by atoms with van der Waals surface area (Å²) in [6.45, 7) is 3.65. The molecule has 0 saturated carbocycles. The third kappa shape index (κ3) is 6.45. The minimum Gasteiger partial charge on any atom is -0.482 e. The minimum absolute atomic E-state index is 0.175. The van der Waals surface area contributed by atoms with Crippen molar-refractivity contribution in [2.45, 2.75) is 13.3 Å². The van der Waals surface area contributed by atoms with Gasteiger partial charge in [0.25, 0.3) is 5.91 Å². The van der Waals surface area contributed by atoms with E-state index in [0.29, 0.717) is 27.4 Å². The standard InChI is InChI=1S/C23H27Cl2N5O2/c1-15-18-13-17(27-22(31)14-32-21-9-6-16(24)12-19(21)25)7-8-20(18)28-23(26-15)30(4)11-5-10-29(2)3/h6-9,12-13H,5,10-11,14H2,1-4H3,(H,27,31). The molecule has 0 aliphatic carbocycles. The monoisotopic (exact) mass is 475 g/mol. The number of carbonyl (C=O) groups excluding carboxylic acids is 1. The van der Waals surface area contributed by atoms with E-state index in [1.54, 1.807) is 18.2 Å². The Morgan fingerprint density at radius 2 is 1.84 bits per heavy atom. The highest BCUT2D eigenvalue weighted by atomic mass is 35.5. The quantitative estimate of drug-likeness (QED) is 0.485. The summed E-state index contributed by atoms with van der Waals surface area (Å²) >= 11 is 11.9. The molecule has 0 bridgehead atoms. The Bertz CT molecular complexity index is 1110. The molecular formula is C23H27Cl2N5O2. The van der Waals surface area contributed by atoms with Gasteiger partial charge in [0.1, 0.15) is 5.75 Å². The Kier molecular flexibility index (Phi) is 8.12. The Morgan fingerprint density at radius 3 is 2.56 bits per heavy atom. The second kappa shape index (κ2) is 10.8. The van der Waals surface area contributed by atoms with Gasteiger partial charge >= 0.3 is 0 Å². The van der Waals surface area contributed by atoms with Crippen molar-refractivity contribution in [1.82, 2.24) is 14.9 Å². The van der Waals surface area contributed by atoms with Gasteiger partial charge in [-0.1, -0.05) is 23.2 Å². The van der Waals surface area contributed by atoms with Crippen LogP contribution in [0.15, 0.2) is 36.4 Å². The van der Waals surface area contributed by atoms with E-state index < -0.39 is 0 Å². The first kappa shape index (κ1) is 24.0. The molecule has 2 aromatic carbocycles. The van der Waals surface area contributed by atoms with Crippen LogP contribution in [-0.2, 0) is 4.79 Å². The van der Waals surface area contributed by atoms with Gasteiger partial charge in [0, 0.05) is 29.7 Å². The second-order valence-corrected chi connectivity index (χ2v) is 8.67. The van der Waals surface area contributed by atoms with Gasteiger partial charge in [-0.05, 0) is 70.4 Å². The highest BCUT2D eigenvalue weighted by Crippen LogP contribution is 2.27. The van der Waals surface area contributed by atoms with Crippen molar-refractivity contribution in [3.8, 4) is 5.75 Å². The van der Waals surface area contributed by atoms with Crippen molar-refractivity contribution in [2.24, 2.45) is 0 Å². The topological polar surface area (TPSA) is 70.6 Å². The average molecular weight is 476 g/mol. The number of nitrogens with zero attached hydrogens (tertiary/aromatic N) is 4. The van der Waals surface area contributed by atoms with Crippen LogP contribution in [0.5, 0.6) is 5.75 Å². The van der Waals surface area contributed by atoms with Gasteiger partial charge in [-0.25, -0.2) is 9.97 Å². The molecule has 0 radical (unpaired) electrons. The Morgan fingerprint density at radius 1 is 1.06 bits per heavy atom. The van der Waals surface area contributed by atoms with Crippen LogP contribution < -0.4 is 15.0 Å². The molecule has 3 rings (SSSR count). The predicted molar refractivity (Wildman–Crippen MR) is 131 cm³/mol. The van der Waals surface area contributed by atoms with Gasteiger partial charge in [-0.2, -0.15) is 0 Å². The van der Waals surface area contributed by atoms with Gasteiger partial charge < -0.3 is 19.9 Å². The van der Waals surface area contributed by atoms with Crippen molar-refractivity contribution in [1.29, 1.82) is 0 Å². The molecule has 1 amide bonds. The number of hydrogen-bond acceptors (Lipinski definition) is 6. The minimum atomic E-state index is -0.300. The maximum Gasteiger partial charge on any atom is 0.262 e. The van der Waals surface area contributed by atoms with Crippen molar-refractivity contribution in [2.75, 3.05) is 51.1 Å². The van der Waals surface area contributed by atoms with Crippen LogP contribution in [0.4, 0.5) is 11.6 Å². The lowest BCUT2D eigenvalue weighted by Gasteiger charge is -2.19. The lowest BCUT2D eigenvalue weighted by atomic mass is 10.1. The molecule has 1 N–H and O–H groups in total. The molecule has 0 atom stereocenters. The zero-order chi connectivity index (χ0) is 23.3. The van der Waals surface area contributed by atoms with Gasteiger partial charge in [0.05, 0.1) is 16.2 Å². The Labute approximate surface area is 198 Å². The molecule has 1 aromatic heterocycles. The number of hydrogen-bond donors (Lipinski definition) is 1. The molecule has 9 heteroatoms. The fourth-order valence-electron chi connectivity index (χ4n) is 3.17. The van der Waals surface area contributed by atoms with Crippen LogP contribution in [0.1, 0.15) is 12.1 Å². The van der Waals surface area contributed by atoms with E-state index in [9.17, 15) is 4.79 Å². The molecule has 0 saturated heterocycles. The van der Waals surface area contributed by atoms with E-state index in [-0.39, 0.29) is 12.5 Å². The summed E-state index contributed by atoms with van der Waals surface area (Å²) in [6, 6.07) is 10.4. The maximum atomic E-state index is 12.3. The lowest BCUT2D eigenvalue weighted by molar-refractivity contribution is -0.118. The van der Waals surface area contributed by atoms with Gasteiger partial charge in [-0.15, -0.1) is 0 Å². The molecule has 1 heterocycles. The van der Waals surface area contributed by atoms with E-state index >= 15 is 0 Å². The first-order valence-corrected chi connectivity index (χ1v) is 11.0. The highest BCUT2D eigenvalue weighted by molar-refractivity contribution is 6.35. The third-order valence-electron chi connectivity index (χ3n) is 4.85. The molecule has 0 fully saturated rings. The first-order valence-electron chi connectivity index (χ1n) is 10.2. The summed E-state index contributed by atoms with van der Waals surface area (Å²) in [7, 11) is 6.12. The number of amides is 1. The SMILES string of the molecule is Cc1nc(N(C)CCCN(C)C)nc2ccc(NC(=O)COc3ccc(Cl)cc3Cl)cc12. The number of aromatic nitrogens is 2. The third-order valence-corrected chi connectivity index (χ3v) is 5.38. The fraction of sp³-hybridized carbons (Fsp3) is 0.348. The van der Waals surface area contributed by atoms with Crippen LogP contribution in [0.25, 0.3) is 10.9 Å². The van der Waals surface area contributed by atoms with E-state index in [0.717, 1.165) is 36.1 Å². The van der Waals surface area contributed by atoms with Gasteiger partial charge in [0.15, 0.2) is 6.61 Å². The summed E-state index contributed by atoms with van der Waals surface area (Å²) < 4.78 is 5.49. The van der Waals surface area contributed by atoms with E-state index in [4.69, 9.17) is 27.9 Å². The number of halogens is 2. The number of anilines is 2. The summed E-state index contributed by atoms with van der Waals surface area (Å²) in [4.78, 5) is 25.9. The molecule has 170 valence electrons. The average Bonchev–Trinajstić information content (AvgIpc) is 2.73. The smallest absolute Gasteiger partial charge is 0.262 e. The molecule has 0 aliphatic heterocycles. The lowest BCUT2D eigenvalue weighted by Crippen LogP contribution is -2.25. The highest BCUT2D eigenvalue weighted by Gasteiger charge is 2.11. The molecular weight excluding hydrogens is 449 g/mol. The number of carbonyl (C=O) groups is 1. The number of benzene rings is 2. The summed E-state index contributed by atoms with van der Waals surface area (Å²) in [6.07, 6.45) is 1.03. The zero-order valence-electron chi connectivity index (χ0n) is 18.7. The van der Waals surface area contributed by atoms with E-state index in [1.165, 1.54) is 0 Å². The Hall–Kier alpha value is -2.61. The van der Waals surface area contributed by atoms with Crippen LogP contribution in [0, 0.1) is 6.92 Å². The number of aryl methyl sites for hydroxylation is 1. The molecule has 32 heavy (non-hydrogen) atoms. The fourth-order valence-corrected chi connectivity index (χ4v) is 3.63. The number of fused-ring (bicyclic) bond motifs is 1. The predicted octanol–water partition coefficient (Wildman–Crippen LogP) is 4.65. The molecule has 3 aromatic rings. The van der Waals surface area contributed by atoms with Crippen LogP contribution >= 0.6 is 23.2 Å².